The SMILES string of the molecule is CC1(C)O[C@@H]2[C@H]3C=C[C@H]([C@@H]4OC(=O)O[C@H]34)[C@@H]2O1. The molecule has 6 atom stereocenters. The van der Waals surface area contributed by atoms with E-state index < -0.39 is 11.9 Å². The second-order valence-electron chi connectivity index (χ2n) is 5.52. The number of hydrogen-bond donors (Lipinski definition) is 0. The average Bonchev–Trinajstić information content (AvgIpc) is 2.76. The minimum atomic E-state index is -0.571. The molecule has 17 heavy (non-hydrogen) atoms. The van der Waals surface area contributed by atoms with E-state index >= 15 is 0 Å². The fourth-order valence-corrected chi connectivity index (χ4v) is 3.46. The highest BCUT2D eigenvalue weighted by molar-refractivity contribution is 5.63. The summed E-state index contributed by atoms with van der Waals surface area (Å²) in [6, 6.07) is 0. The summed E-state index contributed by atoms with van der Waals surface area (Å²) in [5.74, 6) is -0.480. The fourth-order valence-electron chi connectivity index (χ4n) is 3.46. The summed E-state index contributed by atoms with van der Waals surface area (Å²) in [6.07, 6.45) is 3.08. The summed E-state index contributed by atoms with van der Waals surface area (Å²) < 4.78 is 22.3. The van der Waals surface area contributed by atoms with Crippen molar-refractivity contribution in [3.05, 3.63) is 12.2 Å². The Morgan fingerprint density at radius 3 is 1.88 bits per heavy atom. The number of carbonyl (C=O) groups is 1. The third-order valence-corrected chi connectivity index (χ3v) is 4.02. The van der Waals surface area contributed by atoms with Crippen molar-refractivity contribution in [1.82, 2.24) is 0 Å². The summed E-state index contributed by atoms with van der Waals surface area (Å²) >= 11 is 0. The lowest BCUT2D eigenvalue weighted by Crippen LogP contribution is -2.57. The molecular weight excluding hydrogens is 224 g/mol. The van der Waals surface area contributed by atoms with E-state index in [4.69, 9.17) is 18.9 Å². The van der Waals surface area contributed by atoms with Gasteiger partial charge in [0.15, 0.2) is 18.0 Å². The first-order chi connectivity index (χ1) is 8.05. The van der Waals surface area contributed by atoms with Gasteiger partial charge in [-0.2, -0.15) is 0 Å². The van der Waals surface area contributed by atoms with Crippen molar-refractivity contribution < 1.29 is 23.7 Å². The van der Waals surface area contributed by atoms with Crippen LogP contribution in [0.5, 0.6) is 0 Å². The van der Waals surface area contributed by atoms with Crippen LogP contribution in [0.1, 0.15) is 13.8 Å². The van der Waals surface area contributed by atoms with Gasteiger partial charge < -0.3 is 18.9 Å². The number of hydrogen-bond acceptors (Lipinski definition) is 5. The molecule has 2 aliphatic heterocycles. The van der Waals surface area contributed by atoms with Crippen LogP contribution < -0.4 is 0 Å². The molecule has 0 aromatic rings. The van der Waals surface area contributed by atoms with E-state index in [1.54, 1.807) is 0 Å². The molecule has 0 aromatic carbocycles. The average molecular weight is 238 g/mol. The Kier molecular flexibility index (Phi) is 1.66. The standard InChI is InChI=1S/C12H14O5/c1-12(2)16-9-5-3-4-6(10(9)17-12)8-7(5)14-11(13)15-8/h3-10H,1-2H3/t5-,6+,7+,8-,9+,10-. The van der Waals surface area contributed by atoms with E-state index in [1.165, 1.54) is 0 Å². The summed E-state index contributed by atoms with van der Waals surface area (Å²) in [5, 5.41) is 0. The van der Waals surface area contributed by atoms with Crippen molar-refractivity contribution in [2.75, 3.05) is 0 Å². The van der Waals surface area contributed by atoms with Crippen LogP contribution in [0, 0.1) is 11.8 Å². The first kappa shape index (κ1) is 9.91. The van der Waals surface area contributed by atoms with Crippen LogP contribution in [0.4, 0.5) is 4.79 Å². The third kappa shape index (κ3) is 1.18. The molecule has 0 radical (unpaired) electrons. The Labute approximate surface area is 98.7 Å². The maximum absolute atomic E-state index is 11.2. The smallest absolute Gasteiger partial charge is 0.426 e. The Morgan fingerprint density at radius 1 is 0.941 bits per heavy atom. The van der Waals surface area contributed by atoms with E-state index in [2.05, 4.69) is 12.2 Å². The topological polar surface area (TPSA) is 54.0 Å². The van der Waals surface area contributed by atoms with E-state index in [0.717, 1.165) is 0 Å². The van der Waals surface area contributed by atoms with Gasteiger partial charge in [-0.25, -0.2) is 4.79 Å². The lowest BCUT2D eigenvalue weighted by Gasteiger charge is -2.43. The van der Waals surface area contributed by atoms with Crippen LogP contribution >= 0.6 is 0 Å². The van der Waals surface area contributed by atoms with Crippen molar-refractivity contribution in [3.63, 3.8) is 0 Å². The summed E-state index contributed by atoms with van der Waals surface area (Å²) in [4.78, 5) is 11.2. The molecule has 0 spiro atoms. The zero-order valence-electron chi connectivity index (χ0n) is 9.66. The van der Waals surface area contributed by atoms with Gasteiger partial charge in [0.05, 0.1) is 12.2 Å². The maximum atomic E-state index is 11.2. The van der Waals surface area contributed by atoms with Crippen molar-refractivity contribution in [2.45, 2.75) is 44.1 Å². The van der Waals surface area contributed by atoms with Crippen LogP contribution in [0.2, 0.25) is 0 Å². The molecule has 3 fully saturated rings. The molecule has 92 valence electrons. The van der Waals surface area contributed by atoms with Gasteiger partial charge in [-0.05, 0) is 13.8 Å². The Morgan fingerprint density at radius 2 is 1.41 bits per heavy atom. The van der Waals surface area contributed by atoms with Gasteiger partial charge in [-0.3, -0.25) is 0 Å². The molecule has 0 N–H and O–H groups in total. The molecule has 0 amide bonds. The van der Waals surface area contributed by atoms with Gasteiger partial charge in [0.25, 0.3) is 0 Å². The van der Waals surface area contributed by atoms with Crippen LogP contribution in [0.25, 0.3) is 0 Å². The molecule has 2 heterocycles. The Hall–Kier alpha value is -1.07. The lowest BCUT2D eigenvalue weighted by atomic mass is 9.68. The largest absolute Gasteiger partial charge is 0.509 e. The van der Waals surface area contributed by atoms with Crippen LogP contribution in [-0.4, -0.2) is 36.4 Å². The van der Waals surface area contributed by atoms with Gasteiger partial charge in [0, 0.05) is 11.8 Å². The summed E-state index contributed by atoms with van der Waals surface area (Å²) in [5.41, 5.74) is 0. The van der Waals surface area contributed by atoms with E-state index in [0.29, 0.717) is 0 Å². The monoisotopic (exact) mass is 238 g/mol. The van der Waals surface area contributed by atoms with E-state index in [1.807, 2.05) is 13.8 Å². The summed E-state index contributed by atoms with van der Waals surface area (Å²) in [7, 11) is 0. The Bertz CT molecular complexity index is 381. The predicted molar refractivity (Wildman–Crippen MR) is 55.1 cm³/mol. The van der Waals surface area contributed by atoms with Crippen LogP contribution in [0.15, 0.2) is 12.2 Å². The van der Waals surface area contributed by atoms with Gasteiger partial charge >= 0.3 is 6.16 Å². The predicted octanol–water partition coefficient (Wildman–Crippen LogP) is 1.23. The zero-order valence-corrected chi connectivity index (χ0v) is 9.66. The van der Waals surface area contributed by atoms with Gasteiger partial charge in [-0.1, -0.05) is 12.2 Å². The van der Waals surface area contributed by atoms with E-state index in [-0.39, 0.29) is 36.3 Å². The van der Waals surface area contributed by atoms with Gasteiger partial charge in [0.2, 0.25) is 0 Å². The molecular formula is C12H14O5. The van der Waals surface area contributed by atoms with E-state index in [9.17, 15) is 4.79 Å². The molecule has 0 unspecified atom stereocenters. The second-order valence-corrected chi connectivity index (χ2v) is 5.52. The molecule has 2 bridgehead atoms. The third-order valence-electron chi connectivity index (χ3n) is 4.02. The molecule has 0 aromatic heterocycles. The number of rotatable bonds is 0. The van der Waals surface area contributed by atoms with Crippen molar-refractivity contribution in [2.24, 2.45) is 11.8 Å². The highest BCUT2D eigenvalue weighted by atomic mass is 16.8. The van der Waals surface area contributed by atoms with Gasteiger partial charge in [-0.15, -0.1) is 0 Å². The van der Waals surface area contributed by atoms with Crippen LogP contribution in [-0.2, 0) is 18.9 Å². The minimum Gasteiger partial charge on any atom is -0.426 e. The molecule has 5 nitrogen and oxygen atoms in total. The lowest BCUT2D eigenvalue weighted by molar-refractivity contribution is -0.150. The minimum absolute atomic E-state index is 0.0317. The van der Waals surface area contributed by atoms with Crippen molar-refractivity contribution >= 4 is 6.16 Å². The molecule has 5 heteroatoms. The highest BCUT2D eigenvalue weighted by Gasteiger charge is 2.63. The van der Waals surface area contributed by atoms with Crippen LogP contribution in [0.3, 0.4) is 0 Å². The van der Waals surface area contributed by atoms with Crippen molar-refractivity contribution in [1.29, 1.82) is 0 Å². The normalized spacial score (nSPS) is 52.9. The number of ether oxygens (including phenoxy) is 4. The molecule has 5 rings (SSSR count). The fraction of sp³-hybridized carbons (Fsp3) is 0.750. The molecule has 5 aliphatic rings. The second kappa shape index (κ2) is 2.84. The number of carbonyl (C=O) groups excluding carboxylic acids is 1. The molecule has 1 saturated carbocycles. The first-order valence-electron chi connectivity index (χ1n) is 5.96. The maximum Gasteiger partial charge on any atom is 0.509 e. The van der Waals surface area contributed by atoms with Gasteiger partial charge in [0.1, 0.15) is 0 Å². The molecule has 2 saturated heterocycles. The van der Waals surface area contributed by atoms with Crippen molar-refractivity contribution in [3.8, 4) is 0 Å². The quantitative estimate of drug-likeness (QED) is 0.469. The molecule has 3 aliphatic carbocycles. The Balaban J connectivity index is 1.73. The summed E-state index contributed by atoms with van der Waals surface area (Å²) in [6.45, 7) is 3.82. The first-order valence-corrected chi connectivity index (χ1v) is 5.96. The highest BCUT2D eigenvalue weighted by Crippen LogP contribution is 2.50. The zero-order chi connectivity index (χ0) is 11.8.